The van der Waals surface area contributed by atoms with Crippen LogP contribution in [0.2, 0.25) is 0 Å². The number of hydrogen-bond donors (Lipinski definition) is 1. The summed E-state index contributed by atoms with van der Waals surface area (Å²) in [4.78, 5) is 12.8. The van der Waals surface area contributed by atoms with Crippen molar-refractivity contribution in [2.24, 2.45) is 16.1 Å². The Bertz CT molecular complexity index is 782. The monoisotopic (exact) mass is 353 g/mol. The molecular weight excluding hydrogens is 330 g/mol. The Morgan fingerprint density at radius 1 is 1.27 bits per heavy atom. The van der Waals surface area contributed by atoms with Crippen LogP contribution in [0, 0.1) is 5.92 Å². The summed E-state index contributed by atoms with van der Waals surface area (Å²) in [6.07, 6.45) is 11.2. The Labute approximate surface area is 152 Å². The molecule has 3 fully saturated rings. The minimum absolute atomic E-state index is 0.0424. The third kappa shape index (κ3) is 2.87. The Morgan fingerprint density at radius 2 is 2.23 bits per heavy atom. The lowest BCUT2D eigenvalue weighted by Crippen LogP contribution is -2.54. The van der Waals surface area contributed by atoms with E-state index >= 15 is 0 Å². The number of ether oxygens (including phenoxy) is 2. The van der Waals surface area contributed by atoms with Crippen molar-refractivity contribution in [2.75, 3.05) is 19.8 Å². The number of carbonyl (C=O) groups excluding carboxylic acids is 1. The van der Waals surface area contributed by atoms with Gasteiger partial charge in [0.25, 0.3) is 0 Å². The molecule has 0 aromatic carbocycles. The maximum absolute atomic E-state index is 12.8. The van der Waals surface area contributed by atoms with Crippen LogP contribution in [0.25, 0.3) is 0 Å². The van der Waals surface area contributed by atoms with Crippen molar-refractivity contribution in [2.45, 2.75) is 44.2 Å². The number of fused-ring (bicyclic) bond motifs is 4. The molecule has 6 rings (SSSR count). The van der Waals surface area contributed by atoms with E-state index in [1.807, 2.05) is 6.08 Å². The second-order valence-corrected chi connectivity index (χ2v) is 7.61. The first-order chi connectivity index (χ1) is 12.8. The minimum Gasteiger partial charge on any atom is -0.456 e. The van der Waals surface area contributed by atoms with Gasteiger partial charge in [-0.15, -0.1) is 5.10 Å². The summed E-state index contributed by atoms with van der Waals surface area (Å²) >= 11 is 0. The van der Waals surface area contributed by atoms with Crippen molar-refractivity contribution in [3.8, 4) is 0 Å². The molecule has 3 unspecified atom stereocenters. The number of piperidine rings is 2. The fourth-order valence-corrected chi connectivity index (χ4v) is 4.51. The first-order valence-corrected chi connectivity index (χ1v) is 9.56. The Hall–Kier alpha value is -2.05. The molecule has 4 heterocycles. The standard InChI is InChI=1S/C20H23N3O3/c24-20(26-18-9-12-1-3-17(18)21-11-12)19-15-10-14(2-4-16(15)22-23-19)13-5-7-25-8-6-13/h2,5,10,12,17-18,21H,1,3-4,6-9,11H2. The van der Waals surface area contributed by atoms with Crippen LogP contribution < -0.4 is 5.32 Å². The van der Waals surface area contributed by atoms with Gasteiger partial charge in [-0.3, -0.25) is 0 Å². The number of hydrogen-bond acceptors (Lipinski definition) is 6. The molecule has 0 aromatic heterocycles. The number of rotatable bonds is 3. The van der Waals surface area contributed by atoms with Crippen LogP contribution in [0.3, 0.4) is 0 Å². The zero-order valence-electron chi connectivity index (χ0n) is 14.7. The Balaban J connectivity index is 1.32. The maximum Gasteiger partial charge on any atom is 0.359 e. The van der Waals surface area contributed by atoms with Crippen LogP contribution in [0.5, 0.6) is 0 Å². The van der Waals surface area contributed by atoms with Gasteiger partial charge in [0, 0.05) is 18.0 Å². The predicted octanol–water partition coefficient (Wildman–Crippen LogP) is 2.08. The van der Waals surface area contributed by atoms with Crippen molar-refractivity contribution in [1.29, 1.82) is 0 Å². The molecule has 3 atom stereocenters. The van der Waals surface area contributed by atoms with E-state index in [9.17, 15) is 4.79 Å². The van der Waals surface area contributed by atoms with Gasteiger partial charge in [-0.2, -0.15) is 5.10 Å². The normalized spacial score (nSPS) is 32.8. The third-order valence-corrected chi connectivity index (χ3v) is 6.01. The van der Waals surface area contributed by atoms with Gasteiger partial charge < -0.3 is 14.8 Å². The highest BCUT2D eigenvalue weighted by Crippen LogP contribution is 2.32. The van der Waals surface area contributed by atoms with Crippen molar-refractivity contribution in [3.63, 3.8) is 0 Å². The van der Waals surface area contributed by atoms with Crippen molar-refractivity contribution in [1.82, 2.24) is 5.32 Å². The largest absolute Gasteiger partial charge is 0.456 e. The first-order valence-electron chi connectivity index (χ1n) is 9.56. The van der Waals surface area contributed by atoms with Gasteiger partial charge >= 0.3 is 5.97 Å². The fraction of sp³-hybridized carbons (Fsp3) is 0.550. The lowest BCUT2D eigenvalue weighted by atomic mass is 9.79. The van der Waals surface area contributed by atoms with E-state index in [0.29, 0.717) is 24.7 Å². The Morgan fingerprint density at radius 3 is 2.96 bits per heavy atom. The van der Waals surface area contributed by atoms with Crippen molar-refractivity contribution in [3.05, 3.63) is 34.9 Å². The molecule has 0 spiro atoms. The zero-order chi connectivity index (χ0) is 17.5. The van der Waals surface area contributed by atoms with Gasteiger partial charge in [-0.05, 0) is 55.4 Å². The summed E-state index contributed by atoms with van der Waals surface area (Å²) in [5.41, 5.74) is 4.48. The number of esters is 1. The van der Waals surface area contributed by atoms with E-state index < -0.39 is 0 Å². The average Bonchev–Trinajstić information content (AvgIpc) is 3.13. The highest BCUT2D eigenvalue weighted by atomic mass is 16.5. The van der Waals surface area contributed by atoms with Crippen LogP contribution in [0.4, 0.5) is 0 Å². The summed E-state index contributed by atoms with van der Waals surface area (Å²) in [5.74, 6) is 0.288. The van der Waals surface area contributed by atoms with E-state index in [0.717, 1.165) is 49.3 Å². The van der Waals surface area contributed by atoms with Gasteiger partial charge in [-0.1, -0.05) is 12.2 Å². The second kappa shape index (κ2) is 6.59. The zero-order valence-corrected chi connectivity index (χ0v) is 14.7. The summed E-state index contributed by atoms with van der Waals surface area (Å²) in [7, 11) is 0. The summed E-state index contributed by atoms with van der Waals surface area (Å²) in [6.45, 7) is 2.44. The minimum atomic E-state index is -0.337. The molecule has 1 saturated carbocycles. The highest BCUT2D eigenvalue weighted by Gasteiger charge is 2.39. The summed E-state index contributed by atoms with van der Waals surface area (Å²) in [5, 5.41) is 11.8. The van der Waals surface area contributed by atoms with E-state index in [-0.39, 0.29) is 18.1 Å². The van der Waals surface area contributed by atoms with Crippen LogP contribution in [0.15, 0.2) is 45.2 Å². The topological polar surface area (TPSA) is 72.3 Å². The van der Waals surface area contributed by atoms with E-state index in [2.05, 4.69) is 27.7 Å². The highest BCUT2D eigenvalue weighted by molar-refractivity contribution is 6.52. The molecule has 2 bridgehead atoms. The molecule has 2 aliphatic carbocycles. The number of nitrogens with one attached hydrogen (secondary N) is 1. The molecule has 4 aliphatic heterocycles. The molecule has 2 saturated heterocycles. The van der Waals surface area contributed by atoms with Gasteiger partial charge in [0.1, 0.15) is 6.10 Å². The molecule has 1 N–H and O–H groups in total. The molecule has 0 radical (unpaired) electrons. The van der Waals surface area contributed by atoms with Crippen molar-refractivity contribution >= 4 is 17.4 Å². The number of allylic oxidation sites excluding steroid dienone is 3. The predicted molar refractivity (Wildman–Crippen MR) is 98.2 cm³/mol. The third-order valence-electron chi connectivity index (χ3n) is 6.01. The average molecular weight is 353 g/mol. The molecule has 26 heavy (non-hydrogen) atoms. The lowest BCUT2D eigenvalue weighted by molar-refractivity contribution is -0.146. The van der Waals surface area contributed by atoms with Crippen molar-refractivity contribution < 1.29 is 14.3 Å². The lowest BCUT2D eigenvalue weighted by Gasteiger charge is -2.42. The van der Waals surface area contributed by atoms with Crippen LogP contribution in [-0.4, -0.2) is 49.3 Å². The van der Waals surface area contributed by atoms with Crippen LogP contribution in [0.1, 0.15) is 32.1 Å². The molecule has 0 amide bonds. The van der Waals surface area contributed by atoms with Gasteiger partial charge in [0.05, 0.1) is 18.9 Å². The fourth-order valence-electron chi connectivity index (χ4n) is 4.51. The maximum atomic E-state index is 12.8. The van der Waals surface area contributed by atoms with Gasteiger partial charge in [0.15, 0.2) is 5.71 Å². The van der Waals surface area contributed by atoms with E-state index in [4.69, 9.17) is 9.47 Å². The molecule has 6 aliphatic rings. The van der Waals surface area contributed by atoms with Crippen LogP contribution >= 0.6 is 0 Å². The quantitative estimate of drug-likeness (QED) is 0.789. The first kappa shape index (κ1) is 16.1. The second-order valence-electron chi connectivity index (χ2n) is 7.61. The Kier molecular flexibility index (Phi) is 4.10. The molecule has 0 aromatic rings. The van der Waals surface area contributed by atoms with Crippen LogP contribution in [-0.2, 0) is 14.3 Å². The summed E-state index contributed by atoms with van der Waals surface area (Å²) in [6, 6.07) is 0.287. The molecule has 6 heteroatoms. The summed E-state index contributed by atoms with van der Waals surface area (Å²) < 4.78 is 11.2. The van der Waals surface area contributed by atoms with E-state index in [1.54, 1.807) is 0 Å². The van der Waals surface area contributed by atoms with Gasteiger partial charge in [0.2, 0.25) is 0 Å². The molecular formula is C20H23N3O3. The smallest absolute Gasteiger partial charge is 0.359 e. The SMILES string of the molecule is O=C(OC1CC2CCC1NC2)C1=NN=C2CC=C(C3=CCOCC3)C=C21. The van der Waals surface area contributed by atoms with E-state index in [1.165, 1.54) is 12.0 Å². The number of carbonyl (C=O) groups is 1. The van der Waals surface area contributed by atoms with Gasteiger partial charge in [-0.25, -0.2) is 4.79 Å². The number of nitrogens with zero attached hydrogens (tertiary/aromatic N) is 2. The molecule has 6 nitrogen and oxygen atoms in total. The molecule has 136 valence electrons.